The third-order valence-electron chi connectivity index (χ3n) is 2.29. The smallest absolute Gasteiger partial charge is 0.234 e. The minimum absolute atomic E-state index is 0.0390. The second-order valence-electron chi connectivity index (χ2n) is 4.12. The summed E-state index contributed by atoms with van der Waals surface area (Å²) in [6.45, 7) is 7.02. The molecule has 2 amide bonds. The molecule has 17 heavy (non-hydrogen) atoms. The van der Waals surface area contributed by atoms with E-state index >= 15 is 0 Å². The highest BCUT2D eigenvalue weighted by molar-refractivity contribution is 5.78. The second-order valence-corrected chi connectivity index (χ2v) is 4.12. The first-order chi connectivity index (χ1) is 7.97. The van der Waals surface area contributed by atoms with E-state index in [1.54, 1.807) is 0 Å². The minimum Gasteiger partial charge on any atom is -0.395 e. The van der Waals surface area contributed by atoms with E-state index in [-0.39, 0.29) is 31.0 Å². The zero-order chi connectivity index (χ0) is 13.3. The zero-order valence-electron chi connectivity index (χ0n) is 10.8. The standard InChI is InChI=1S/C11H23N3O3/c1-9(2)14(6-7-15)8-11(17)13-5-4-12-10(3)16/h9,15H,4-8H2,1-3H3,(H,12,16)(H,13,17). The lowest BCUT2D eigenvalue weighted by atomic mass is 10.3. The highest BCUT2D eigenvalue weighted by atomic mass is 16.3. The highest BCUT2D eigenvalue weighted by Crippen LogP contribution is 1.96. The van der Waals surface area contributed by atoms with Crippen LogP contribution in [0.4, 0.5) is 0 Å². The van der Waals surface area contributed by atoms with E-state index in [1.807, 2.05) is 18.7 Å². The van der Waals surface area contributed by atoms with Crippen molar-refractivity contribution in [1.29, 1.82) is 0 Å². The lowest BCUT2D eigenvalue weighted by molar-refractivity contribution is -0.123. The molecule has 0 radical (unpaired) electrons. The fourth-order valence-corrected chi connectivity index (χ4v) is 1.33. The number of rotatable bonds is 8. The first kappa shape index (κ1) is 15.9. The molecule has 3 N–H and O–H groups in total. The molecule has 0 saturated heterocycles. The molecule has 0 rings (SSSR count). The molecule has 100 valence electrons. The maximum Gasteiger partial charge on any atom is 0.234 e. The number of hydrogen-bond acceptors (Lipinski definition) is 4. The Balaban J connectivity index is 3.78. The molecule has 0 unspecified atom stereocenters. The summed E-state index contributed by atoms with van der Waals surface area (Å²) in [6.07, 6.45) is 0. The maximum absolute atomic E-state index is 11.5. The van der Waals surface area contributed by atoms with Crippen LogP contribution in [0.5, 0.6) is 0 Å². The van der Waals surface area contributed by atoms with Crippen molar-refractivity contribution in [2.24, 2.45) is 0 Å². The van der Waals surface area contributed by atoms with Gasteiger partial charge in [-0.05, 0) is 13.8 Å². The van der Waals surface area contributed by atoms with Crippen molar-refractivity contribution >= 4 is 11.8 Å². The van der Waals surface area contributed by atoms with Crippen LogP contribution in [0.3, 0.4) is 0 Å². The Morgan fingerprint density at radius 3 is 2.29 bits per heavy atom. The molecule has 6 heteroatoms. The SMILES string of the molecule is CC(=O)NCCNC(=O)CN(CCO)C(C)C. The predicted octanol–water partition coefficient (Wildman–Crippen LogP) is -1.06. The molecule has 0 atom stereocenters. The van der Waals surface area contributed by atoms with Gasteiger partial charge in [-0.1, -0.05) is 0 Å². The van der Waals surface area contributed by atoms with Gasteiger partial charge in [-0.2, -0.15) is 0 Å². The lowest BCUT2D eigenvalue weighted by Crippen LogP contribution is -2.43. The monoisotopic (exact) mass is 245 g/mol. The molecule has 0 spiro atoms. The van der Waals surface area contributed by atoms with Gasteiger partial charge in [0.1, 0.15) is 0 Å². The predicted molar refractivity (Wildman–Crippen MR) is 65.5 cm³/mol. The van der Waals surface area contributed by atoms with Crippen LogP contribution in [0.15, 0.2) is 0 Å². The number of hydrogen-bond donors (Lipinski definition) is 3. The van der Waals surface area contributed by atoms with Crippen LogP contribution >= 0.6 is 0 Å². The van der Waals surface area contributed by atoms with Gasteiger partial charge in [0.2, 0.25) is 11.8 Å². The van der Waals surface area contributed by atoms with Gasteiger partial charge in [0.05, 0.1) is 13.2 Å². The van der Waals surface area contributed by atoms with Crippen LogP contribution in [-0.2, 0) is 9.59 Å². The van der Waals surface area contributed by atoms with Crippen LogP contribution in [0.2, 0.25) is 0 Å². The summed E-state index contributed by atoms with van der Waals surface area (Å²) in [5, 5.41) is 14.2. The fraction of sp³-hybridized carbons (Fsp3) is 0.818. The summed E-state index contributed by atoms with van der Waals surface area (Å²) >= 11 is 0. The van der Waals surface area contributed by atoms with Gasteiger partial charge < -0.3 is 15.7 Å². The molecule has 0 aliphatic heterocycles. The van der Waals surface area contributed by atoms with Crippen LogP contribution in [0.25, 0.3) is 0 Å². The number of amides is 2. The third kappa shape index (κ3) is 8.65. The summed E-state index contributed by atoms with van der Waals surface area (Å²) in [5.41, 5.74) is 0. The Labute approximate surface area is 102 Å². The molecule has 6 nitrogen and oxygen atoms in total. The Morgan fingerprint density at radius 1 is 1.24 bits per heavy atom. The molecule has 0 heterocycles. The average Bonchev–Trinajstić information content (AvgIpc) is 2.23. The van der Waals surface area contributed by atoms with Gasteiger partial charge in [0.15, 0.2) is 0 Å². The van der Waals surface area contributed by atoms with E-state index in [2.05, 4.69) is 10.6 Å². The number of nitrogens with one attached hydrogen (secondary N) is 2. The summed E-state index contributed by atoms with van der Waals surface area (Å²) in [4.78, 5) is 24.0. The number of carbonyl (C=O) groups excluding carboxylic acids is 2. The first-order valence-corrected chi connectivity index (χ1v) is 5.83. The van der Waals surface area contributed by atoms with Crippen LogP contribution in [0.1, 0.15) is 20.8 Å². The summed E-state index contributed by atoms with van der Waals surface area (Å²) in [7, 11) is 0. The Bertz CT molecular complexity index is 244. The number of aliphatic hydroxyl groups excluding tert-OH is 1. The lowest BCUT2D eigenvalue weighted by Gasteiger charge is -2.24. The van der Waals surface area contributed by atoms with Gasteiger partial charge in [0, 0.05) is 32.6 Å². The highest BCUT2D eigenvalue weighted by Gasteiger charge is 2.12. The summed E-state index contributed by atoms with van der Waals surface area (Å²) in [6, 6.07) is 0.211. The molecule has 0 fully saturated rings. The van der Waals surface area contributed by atoms with Crippen molar-refractivity contribution in [2.75, 3.05) is 32.8 Å². The van der Waals surface area contributed by atoms with E-state index in [0.29, 0.717) is 19.6 Å². The first-order valence-electron chi connectivity index (χ1n) is 5.83. The van der Waals surface area contributed by atoms with Crippen molar-refractivity contribution in [3.8, 4) is 0 Å². The fourth-order valence-electron chi connectivity index (χ4n) is 1.33. The van der Waals surface area contributed by atoms with Crippen molar-refractivity contribution < 1.29 is 14.7 Å². The summed E-state index contributed by atoms with van der Waals surface area (Å²) < 4.78 is 0. The van der Waals surface area contributed by atoms with Gasteiger partial charge in [0.25, 0.3) is 0 Å². The molecule has 0 aliphatic carbocycles. The largest absolute Gasteiger partial charge is 0.395 e. The van der Waals surface area contributed by atoms with Crippen LogP contribution < -0.4 is 10.6 Å². The van der Waals surface area contributed by atoms with Crippen molar-refractivity contribution in [1.82, 2.24) is 15.5 Å². The molecule has 0 bridgehead atoms. The molecular formula is C11H23N3O3. The Hall–Kier alpha value is -1.14. The van der Waals surface area contributed by atoms with Crippen molar-refractivity contribution in [3.05, 3.63) is 0 Å². The van der Waals surface area contributed by atoms with E-state index in [1.165, 1.54) is 6.92 Å². The number of carbonyl (C=O) groups is 2. The minimum atomic E-state index is -0.108. The van der Waals surface area contributed by atoms with E-state index in [4.69, 9.17) is 5.11 Å². The molecule has 0 aliphatic rings. The Morgan fingerprint density at radius 2 is 1.82 bits per heavy atom. The van der Waals surface area contributed by atoms with Crippen LogP contribution in [-0.4, -0.2) is 60.6 Å². The van der Waals surface area contributed by atoms with Crippen molar-refractivity contribution in [3.63, 3.8) is 0 Å². The molecule has 0 aromatic carbocycles. The molecule has 0 aromatic heterocycles. The van der Waals surface area contributed by atoms with E-state index < -0.39 is 0 Å². The molecule has 0 aromatic rings. The normalized spacial score (nSPS) is 10.7. The van der Waals surface area contributed by atoms with Crippen molar-refractivity contribution in [2.45, 2.75) is 26.8 Å². The topological polar surface area (TPSA) is 81.7 Å². The molecular weight excluding hydrogens is 222 g/mol. The molecule has 0 saturated carbocycles. The number of aliphatic hydroxyl groups is 1. The van der Waals surface area contributed by atoms with Gasteiger partial charge in [-0.15, -0.1) is 0 Å². The van der Waals surface area contributed by atoms with Gasteiger partial charge in [-0.3, -0.25) is 14.5 Å². The van der Waals surface area contributed by atoms with Gasteiger partial charge in [-0.25, -0.2) is 0 Å². The van der Waals surface area contributed by atoms with E-state index in [9.17, 15) is 9.59 Å². The maximum atomic E-state index is 11.5. The zero-order valence-corrected chi connectivity index (χ0v) is 10.8. The van der Waals surface area contributed by atoms with Gasteiger partial charge >= 0.3 is 0 Å². The Kier molecular flexibility index (Phi) is 8.35. The summed E-state index contributed by atoms with van der Waals surface area (Å²) in [5.74, 6) is -0.208. The quantitative estimate of drug-likeness (QED) is 0.476. The van der Waals surface area contributed by atoms with Crippen LogP contribution in [0, 0.1) is 0 Å². The van der Waals surface area contributed by atoms with E-state index in [0.717, 1.165) is 0 Å². The average molecular weight is 245 g/mol. The number of nitrogens with zero attached hydrogens (tertiary/aromatic N) is 1. The third-order valence-corrected chi connectivity index (χ3v) is 2.29. The second kappa shape index (κ2) is 8.95.